The fourth-order valence-electron chi connectivity index (χ4n) is 5.99. The standard InChI is InChI=1S/C27H38N6O3/c1-19(2)24-29-30-25(36-24)22-14-27(18-33(22)17-23(34)31-9-5-4-6-10-31)7-11-32(12-8-27)26(35)21-13-20(3)15-28-16-21/h13,15-16,19,22H,4-12,14,17-18H2,1-3H3. The molecule has 194 valence electrons. The smallest absolute Gasteiger partial charge is 0.255 e. The first-order valence-corrected chi connectivity index (χ1v) is 13.4. The van der Waals surface area contributed by atoms with Crippen LogP contribution >= 0.6 is 0 Å². The van der Waals surface area contributed by atoms with Crippen molar-refractivity contribution in [2.75, 3.05) is 39.3 Å². The van der Waals surface area contributed by atoms with E-state index >= 15 is 0 Å². The van der Waals surface area contributed by atoms with Crippen LogP contribution in [0, 0.1) is 12.3 Å². The summed E-state index contributed by atoms with van der Waals surface area (Å²) in [5, 5.41) is 8.68. The van der Waals surface area contributed by atoms with Crippen LogP contribution in [-0.4, -0.2) is 81.0 Å². The van der Waals surface area contributed by atoms with E-state index in [2.05, 4.69) is 20.1 Å². The maximum absolute atomic E-state index is 13.2. The molecule has 9 nitrogen and oxygen atoms in total. The number of hydrogen-bond acceptors (Lipinski definition) is 7. The maximum Gasteiger partial charge on any atom is 0.255 e. The normalized spacial score (nSPS) is 22.5. The second-order valence-electron chi connectivity index (χ2n) is 11.2. The van der Waals surface area contributed by atoms with Gasteiger partial charge in [-0.2, -0.15) is 0 Å². The third-order valence-corrected chi connectivity index (χ3v) is 8.12. The molecule has 2 aromatic heterocycles. The lowest BCUT2D eigenvalue weighted by Gasteiger charge is -2.39. The number of rotatable bonds is 5. The summed E-state index contributed by atoms with van der Waals surface area (Å²) in [6, 6.07) is 1.84. The van der Waals surface area contributed by atoms with Gasteiger partial charge < -0.3 is 14.2 Å². The molecule has 2 amide bonds. The molecule has 3 fully saturated rings. The van der Waals surface area contributed by atoms with Crippen LogP contribution < -0.4 is 0 Å². The van der Waals surface area contributed by atoms with Crippen molar-refractivity contribution in [3.8, 4) is 0 Å². The van der Waals surface area contributed by atoms with Crippen LogP contribution in [-0.2, 0) is 4.79 Å². The van der Waals surface area contributed by atoms with Crippen LogP contribution in [0.25, 0.3) is 0 Å². The summed E-state index contributed by atoms with van der Waals surface area (Å²) in [5.74, 6) is 1.66. The van der Waals surface area contributed by atoms with Gasteiger partial charge >= 0.3 is 0 Å². The molecule has 1 spiro atoms. The maximum atomic E-state index is 13.2. The number of amides is 2. The Hall–Kier alpha value is -2.81. The summed E-state index contributed by atoms with van der Waals surface area (Å²) in [6.45, 7) is 10.3. The molecule has 0 saturated carbocycles. The second-order valence-corrected chi connectivity index (χ2v) is 11.2. The summed E-state index contributed by atoms with van der Waals surface area (Å²) in [5.41, 5.74) is 1.67. The molecule has 0 aromatic carbocycles. The van der Waals surface area contributed by atoms with Gasteiger partial charge in [-0.25, -0.2) is 0 Å². The van der Waals surface area contributed by atoms with E-state index in [1.807, 2.05) is 36.6 Å². The highest BCUT2D eigenvalue weighted by Crippen LogP contribution is 2.49. The minimum absolute atomic E-state index is 0.0287. The van der Waals surface area contributed by atoms with Crippen molar-refractivity contribution in [3.63, 3.8) is 0 Å². The van der Waals surface area contributed by atoms with E-state index in [-0.39, 0.29) is 29.2 Å². The fraction of sp³-hybridized carbons (Fsp3) is 0.667. The molecule has 36 heavy (non-hydrogen) atoms. The molecule has 5 rings (SSSR count). The van der Waals surface area contributed by atoms with Crippen LogP contribution in [0.1, 0.15) is 92.0 Å². The Labute approximate surface area is 213 Å². The van der Waals surface area contributed by atoms with Crippen molar-refractivity contribution in [3.05, 3.63) is 41.4 Å². The minimum Gasteiger partial charge on any atom is -0.423 e. The van der Waals surface area contributed by atoms with Crippen molar-refractivity contribution in [2.24, 2.45) is 5.41 Å². The van der Waals surface area contributed by atoms with Gasteiger partial charge in [0.15, 0.2) is 0 Å². The van der Waals surface area contributed by atoms with Crippen molar-refractivity contribution in [2.45, 2.75) is 71.3 Å². The number of carbonyl (C=O) groups is 2. The van der Waals surface area contributed by atoms with Crippen LogP contribution in [0.15, 0.2) is 22.9 Å². The van der Waals surface area contributed by atoms with Gasteiger partial charge in [-0.05, 0) is 62.5 Å². The lowest BCUT2D eigenvalue weighted by atomic mass is 9.76. The van der Waals surface area contributed by atoms with E-state index in [9.17, 15) is 9.59 Å². The Morgan fingerprint density at radius 2 is 1.81 bits per heavy atom. The molecule has 3 saturated heterocycles. The molecule has 9 heteroatoms. The summed E-state index contributed by atoms with van der Waals surface area (Å²) in [7, 11) is 0. The number of pyridine rings is 1. The second kappa shape index (κ2) is 10.3. The lowest BCUT2D eigenvalue weighted by molar-refractivity contribution is -0.133. The van der Waals surface area contributed by atoms with E-state index in [0.29, 0.717) is 37.0 Å². The monoisotopic (exact) mass is 494 g/mol. The van der Waals surface area contributed by atoms with E-state index in [1.165, 1.54) is 6.42 Å². The van der Waals surface area contributed by atoms with Gasteiger partial charge in [0.2, 0.25) is 17.7 Å². The van der Waals surface area contributed by atoms with Crippen molar-refractivity contribution in [1.82, 2.24) is 29.9 Å². The quantitative estimate of drug-likeness (QED) is 0.627. The molecule has 0 radical (unpaired) electrons. The zero-order valence-corrected chi connectivity index (χ0v) is 21.8. The molecular weight excluding hydrogens is 456 g/mol. The van der Waals surface area contributed by atoms with Crippen LogP contribution in [0.5, 0.6) is 0 Å². The first-order valence-electron chi connectivity index (χ1n) is 13.4. The lowest BCUT2D eigenvalue weighted by Crippen LogP contribution is -2.46. The fourth-order valence-corrected chi connectivity index (χ4v) is 5.99. The van der Waals surface area contributed by atoms with E-state index in [4.69, 9.17) is 4.42 Å². The topological polar surface area (TPSA) is 95.7 Å². The van der Waals surface area contributed by atoms with Gasteiger partial charge in [-0.15, -0.1) is 10.2 Å². The average molecular weight is 495 g/mol. The number of aryl methyl sites for hydroxylation is 1. The Balaban J connectivity index is 1.30. The number of nitrogens with zero attached hydrogens (tertiary/aromatic N) is 6. The predicted molar refractivity (Wildman–Crippen MR) is 134 cm³/mol. The minimum atomic E-state index is -0.0676. The molecule has 0 N–H and O–H groups in total. The molecular formula is C27H38N6O3. The third-order valence-electron chi connectivity index (χ3n) is 8.12. The van der Waals surface area contributed by atoms with Crippen LogP contribution in [0.3, 0.4) is 0 Å². The van der Waals surface area contributed by atoms with E-state index in [1.54, 1.807) is 12.4 Å². The Morgan fingerprint density at radius 1 is 1.06 bits per heavy atom. The highest BCUT2D eigenvalue weighted by molar-refractivity contribution is 5.94. The van der Waals surface area contributed by atoms with Gasteiger partial charge in [-0.3, -0.25) is 19.5 Å². The summed E-state index contributed by atoms with van der Waals surface area (Å²) >= 11 is 0. The van der Waals surface area contributed by atoms with Gasteiger partial charge in [0, 0.05) is 51.0 Å². The Morgan fingerprint density at radius 3 is 2.47 bits per heavy atom. The van der Waals surface area contributed by atoms with E-state index in [0.717, 1.165) is 57.3 Å². The first kappa shape index (κ1) is 24.9. The highest BCUT2D eigenvalue weighted by atomic mass is 16.4. The summed E-state index contributed by atoms with van der Waals surface area (Å²) in [6.07, 6.45) is 9.45. The Kier molecular flexibility index (Phi) is 7.10. The van der Waals surface area contributed by atoms with Crippen molar-refractivity contribution in [1.29, 1.82) is 0 Å². The summed E-state index contributed by atoms with van der Waals surface area (Å²) in [4.78, 5) is 36.7. The van der Waals surface area contributed by atoms with Crippen molar-refractivity contribution < 1.29 is 14.0 Å². The number of hydrogen-bond donors (Lipinski definition) is 0. The molecule has 0 aliphatic carbocycles. The van der Waals surface area contributed by atoms with Crippen LogP contribution in [0.4, 0.5) is 0 Å². The molecule has 1 atom stereocenters. The predicted octanol–water partition coefficient (Wildman–Crippen LogP) is 3.58. The van der Waals surface area contributed by atoms with E-state index < -0.39 is 0 Å². The summed E-state index contributed by atoms with van der Waals surface area (Å²) < 4.78 is 6.09. The van der Waals surface area contributed by atoms with Gasteiger partial charge in [0.05, 0.1) is 18.2 Å². The highest BCUT2D eigenvalue weighted by Gasteiger charge is 2.49. The molecule has 3 aliphatic rings. The largest absolute Gasteiger partial charge is 0.423 e. The molecule has 3 aliphatic heterocycles. The Bertz CT molecular complexity index is 1080. The molecule has 5 heterocycles. The number of aromatic nitrogens is 3. The van der Waals surface area contributed by atoms with Crippen molar-refractivity contribution >= 4 is 11.8 Å². The number of likely N-dealkylation sites (tertiary alicyclic amines) is 3. The average Bonchev–Trinajstić information content (AvgIpc) is 3.50. The van der Waals surface area contributed by atoms with Gasteiger partial charge in [0.1, 0.15) is 0 Å². The van der Waals surface area contributed by atoms with Crippen LogP contribution in [0.2, 0.25) is 0 Å². The zero-order valence-electron chi connectivity index (χ0n) is 21.8. The number of carbonyl (C=O) groups excluding carboxylic acids is 2. The molecule has 1 unspecified atom stereocenters. The van der Waals surface area contributed by atoms with Gasteiger partial charge in [-0.1, -0.05) is 13.8 Å². The molecule has 2 aromatic rings. The first-order chi connectivity index (χ1) is 17.3. The molecule has 0 bridgehead atoms. The SMILES string of the molecule is Cc1cncc(C(=O)N2CCC3(CC2)CC(c2nnc(C(C)C)o2)N(CC(=O)N2CCCCC2)C3)c1. The van der Waals surface area contributed by atoms with Gasteiger partial charge in [0.25, 0.3) is 5.91 Å². The zero-order chi connectivity index (χ0) is 25.3. The number of piperidine rings is 2. The third kappa shape index (κ3) is 5.16.